The van der Waals surface area contributed by atoms with Crippen molar-refractivity contribution in [2.24, 2.45) is 5.92 Å². The van der Waals surface area contributed by atoms with Gasteiger partial charge in [-0.05, 0) is 30.7 Å². The number of aromatic nitrogens is 3. The number of halogens is 3. The molecule has 0 unspecified atom stereocenters. The van der Waals surface area contributed by atoms with Crippen LogP contribution in [0.1, 0.15) is 12.0 Å². The minimum absolute atomic E-state index is 0.0868. The van der Waals surface area contributed by atoms with Gasteiger partial charge in [-0.3, -0.25) is 4.98 Å². The number of pyridine rings is 1. The number of hydrogen-bond acceptors (Lipinski definition) is 6. The van der Waals surface area contributed by atoms with Crippen molar-refractivity contribution in [3.8, 4) is 22.6 Å². The van der Waals surface area contributed by atoms with Gasteiger partial charge in [-0.25, -0.2) is 9.97 Å². The van der Waals surface area contributed by atoms with E-state index in [1.165, 1.54) is 12.1 Å². The maximum atomic E-state index is 12.9. The van der Waals surface area contributed by atoms with Crippen LogP contribution in [0, 0.1) is 5.92 Å². The Bertz CT molecular complexity index is 1030. The molecule has 0 radical (unpaired) electrons. The smallest absolute Gasteiger partial charge is 0.396 e. The summed E-state index contributed by atoms with van der Waals surface area (Å²) in [5.74, 6) is 0.753. The normalized spacial score (nSPS) is 19.5. The van der Waals surface area contributed by atoms with Gasteiger partial charge in [0.25, 0.3) is 0 Å². The molecular formula is C22H21F3N4O2. The van der Waals surface area contributed by atoms with Gasteiger partial charge in [-0.15, -0.1) is 0 Å². The summed E-state index contributed by atoms with van der Waals surface area (Å²) in [5, 5.41) is 19.7. The summed E-state index contributed by atoms with van der Waals surface area (Å²) >= 11 is 0. The number of piperidine rings is 1. The maximum Gasteiger partial charge on any atom is 0.416 e. The van der Waals surface area contributed by atoms with Crippen molar-refractivity contribution in [1.82, 2.24) is 15.0 Å². The maximum absolute atomic E-state index is 12.9. The van der Waals surface area contributed by atoms with E-state index in [0.29, 0.717) is 48.0 Å². The Morgan fingerprint density at radius 2 is 1.84 bits per heavy atom. The predicted molar refractivity (Wildman–Crippen MR) is 109 cm³/mol. The van der Waals surface area contributed by atoms with Crippen molar-refractivity contribution in [2.45, 2.75) is 18.7 Å². The summed E-state index contributed by atoms with van der Waals surface area (Å²) in [6.45, 7) is 0.788. The van der Waals surface area contributed by atoms with Crippen LogP contribution in [0.25, 0.3) is 22.6 Å². The molecule has 1 saturated heterocycles. The molecule has 4 rings (SSSR count). The van der Waals surface area contributed by atoms with Crippen LogP contribution in [0.4, 0.5) is 19.0 Å². The number of aliphatic hydroxyl groups is 2. The van der Waals surface area contributed by atoms with Crippen molar-refractivity contribution < 1.29 is 23.4 Å². The van der Waals surface area contributed by atoms with Crippen molar-refractivity contribution in [2.75, 3.05) is 24.6 Å². The van der Waals surface area contributed by atoms with E-state index in [4.69, 9.17) is 0 Å². The van der Waals surface area contributed by atoms with Gasteiger partial charge < -0.3 is 15.1 Å². The third kappa shape index (κ3) is 4.67. The average molecular weight is 430 g/mol. The Kier molecular flexibility index (Phi) is 5.88. The van der Waals surface area contributed by atoms with Crippen LogP contribution in [0.3, 0.4) is 0 Å². The van der Waals surface area contributed by atoms with Crippen LogP contribution in [0.15, 0.2) is 54.9 Å². The summed E-state index contributed by atoms with van der Waals surface area (Å²) < 4.78 is 38.8. The number of benzene rings is 1. The zero-order valence-corrected chi connectivity index (χ0v) is 16.5. The molecule has 2 N–H and O–H groups in total. The Morgan fingerprint density at radius 3 is 2.45 bits per heavy atom. The Morgan fingerprint density at radius 1 is 1.06 bits per heavy atom. The van der Waals surface area contributed by atoms with Gasteiger partial charge in [0.15, 0.2) is 5.82 Å². The predicted octanol–water partition coefficient (Wildman–Crippen LogP) is 3.40. The first-order valence-electron chi connectivity index (χ1n) is 9.86. The molecule has 31 heavy (non-hydrogen) atoms. The first-order valence-corrected chi connectivity index (χ1v) is 9.86. The lowest BCUT2D eigenvalue weighted by atomic mass is 9.95. The molecule has 0 amide bonds. The zero-order valence-electron chi connectivity index (χ0n) is 16.5. The molecule has 1 aliphatic rings. The Labute approximate surface area is 177 Å². The van der Waals surface area contributed by atoms with E-state index in [0.717, 1.165) is 12.1 Å². The SMILES string of the molecule is OC[C@H]1CCN(c2cc(-c3ccc(C(F)(F)F)cc3)nc(-c3cccnc3)n2)C[C@@H]1O. The first kappa shape index (κ1) is 21.2. The highest BCUT2D eigenvalue weighted by Gasteiger charge is 2.30. The van der Waals surface area contributed by atoms with Crippen molar-refractivity contribution in [1.29, 1.82) is 0 Å². The standard InChI is InChI=1S/C22H21F3N4O2/c23-22(24,25)17-5-3-14(4-6-17)18-10-20(29-9-7-16(13-30)19(31)12-29)28-21(27-18)15-2-1-8-26-11-15/h1-6,8,10-11,16,19,30-31H,7,9,12-13H2/t16-,19+/m1/s1. The highest BCUT2D eigenvalue weighted by molar-refractivity contribution is 5.68. The molecule has 0 spiro atoms. The highest BCUT2D eigenvalue weighted by Crippen LogP contribution is 2.32. The van der Waals surface area contributed by atoms with Gasteiger partial charge in [0.1, 0.15) is 5.82 Å². The van der Waals surface area contributed by atoms with Crippen molar-refractivity contribution >= 4 is 5.82 Å². The number of alkyl halides is 3. The molecule has 0 aliphatic carbocycles. The second-order valence-electron chi connectivity index (χ2n) is 7.50. The molecule has 0 saturated carbocycles. The first-order chi connectivity index (χ1) is 14.8. The van der Waals surface area contributed by atoms with Crippen LogP contribution in [-0.4, -0.2) is 51.0 Å². The van der Waals surface area contributed by atoms with E-state index in [-0.39, 0.29) is 12.5 Å². The number of nitrogens with zero attached hydrogens (tertiary/aromatic N) is 4. The summed E-state index contributed by atoms with van der Waals surface area (Å²) in [5.41, 5.74) is 0.930. The fraction of sp³-hybridized carbons (Fsp3) is 0.318. The molecule has 9 heteroatoms. The molecule has 6 nitrogen and oxygen atoms in total. The summed E-state index contributed by atoms with van der Waals surface area (Å²) in [4.78, 5) is 15.2. The molecule has 1 aromatic carbocycles. The van der Waals surface area contributed by atoms with E-state index in [2.05, 4.69) is 15.0 Å². The van der Waals surface area contributed by atoms with E-state index in [1.807, 2.05) is 4.90 Å². The topological polar surface area (TPSA) is 82.4 Å². The number of aliphatic hydroxyl groups excluding tert-OH is 2. The van der Waals surface area contributed by atoms with Crippen LogP contribution >= 0.6 is 0 Å². The minimum atomic E-state index is -4.41. The second-order valence-corrected chi connectivity index (χ2v) is 7.50. The largest absolute Gasteiger partial charge is 0.416 e. The molecular weight excluding hydrogens is 409 g/mol. The molecule has 3 aromatic rings. The van der Waals surface area contributed by atoms with Gasteiger partial charge in [-0.2, -0.15) is 13.2 Å². The van der Waals surface area contributed by atoms with Gasteiger partial charge in [0, 0.05) is 55.2 Å². The number of rotatable bonds is 4. The Hall–Kier alpha value is -3.04. The van der Waals surface area contributed by atoms with E-state index in [1.54, 1.807) is 30.6 Å². The van der Waals surface area contributed by atoms with Gasteiger partial charge in [0.2, 0.25) is 0 Å². The molecule has 3 heterocycles. The third-order valence-corrected chi connectivity index (χ3v) is 5.42. The van der Waals surface area contributed by atoms with Gasteiger partial charge in [-0.1, -0.05) is 12.1 Å². The summed E-state index contributed by atoms with van der Waals surface area (Å²) in [7, 11) is 0. The molecule has 2 atom stereocenters. The zero-order chi connectivity index (χ0) is 22.0. The van der Waals surface area contributed by atoms with Gasteiger partial charge >= 0.3 is 6.18 Å². The molecule has 2 aromatic heterocycles. The van der Waals surface area contributed by atoms with Crippen LogP contribution in [-0.2, 0) is 6.18 Å². The summed E-state index contributed by atoms with van der Waals surface area (Å²) in [6.07, 6.45) is -1.28. The minimum Gasteiger partial charge on any atom is -0.396 e. The van der Waals surface area contributed by atoms with Crippen molar-refractivity contribution in [3.05, 3.63) is 60.4 Å². The van der Waals surface area contributed by atoms with E-state index in [9.17, 15) is 23.4 Å². The third-order valence-electron chi connectivity index (χ3n) is 5.42. The van der Waals surface area contributed by atoms with Crippen LogP contribution in [0.5, 0.6) is 0 Å². The lowest BCUT2D eigenvalue weighted by molar-refractivity contribution is -0.137. The lowest BCUT2D eigenvalue weighted by Crippen LogP contribution is -2.45. The highest BCUT2D eigenvalue weighted by atomic mass is 19.4. The molecule has 0 bridgehead atoms. The average Bonchev–Trinajstić information content (AvgIpc) is 2.79. The fourth-order valence-electron chi connectivity index (χ4n) is 3.60. The van der Waals surface area contributed by atoms with E-state index >= 15 is 0 Å². The quantitative estimate of drug-likeness (QED) is 0.660. The Balaban J connectivity index is 1.74. The monoisotopic (exact) mass is 430 g/mol. The lowest BCUT2D eigenvalue weighted by Gasteiger charge is -2.36. The number of hydrogen-bond donors (Lipinski definition) is 2. The molecule has 1 fully saturated rings. The fourth-order valence-corrected chi connectivity index (χ4v) is 3.60. The number of anilines is 1. The van der Waals surface area contributed by atoms with Crippen molar-refractivity contribution in [3.63, 3.8) is 0 Å². The molecule has 1 aliphatic heterocycles. The van der Waals surface area contributed by atoms with Crippen LogP contribution in [0.2, 0.25) is 0 Å². The molecule has 162 valence electrons. The second kappa shape index (κ2) is 8.60. The van der Waals surface area contributed by atoms with Crippen LogP contribution < -0.4 is 4.90 Å². The number of β-amino-alcohol motifs (C(OH)–C–C–N with tert-alkyl or cyclic N) is 1. The van der Waals surface area contributed by atoms with Gasteiger partial charge in [0.05, 0.1) is 17.4 Å². The van der Waals surface area contributed by atoms with E-state index < -0.39 is 17.8 Å². The summed E-state index contributed by atoms with van der Waals surface area (Å²) in [6, 6.07) is 10.1.